The van der Waals surface area contributed by atoms with E-state index >= 15 is 0 Å². The lowest BCUT2D eigenvalue weighted by atomic mass is 10.1. The highest BCUT2D eigenvalue weighted by molar-refractivity contribution is 6.31. The zero-order valence-corrected chi connectivity index (χ0v) is 20.4. The zero-order chi connectivity index (χ0) is 24.1. The summed E-state index contributed by atoms with van der Waals surface area (Å²) in [6, 6.07) is 17.8. The lowest BCUT2D eigenvalue weighted by Gasteiger charge is -2.36. The molecule has 0 unspecified atom stereocenters. The Balaban J connectivity index is 1.27. The van der Waals surface area contributed by atoms with Crippen molar-refractivity contribution in [3.05, 3.63) is 82.1 Å². The average molecular weight is 480 g/mol. The third-order valence-corrected chi connectivity index (χ3v) is 6.63. The van der Waals surface area contributed by atoms with Gasteiger partial charge in [0.25, 0.3) is 5.91 Å². The van der Waals surface area contributed by atoms with Crippen LogP contribution in [0.5, 0.6) is 0 Å². The van der Waals surface area contributed by atoms with Crippen LogP contribution in [0.4, 0.5) is 5.69 Å². The fourth-order valence-electron chi connectivity index (χ4n) is 4.35. The molecule has 0 atom stereocenters. The van der Waals surface area contributed by atoms with Crippen LogP contribution in [0, 0.1) is 13.8 Å². The number of amides is 2. The van der Waals surface area contributed by atoms with Crippen LogP contribution in [0.15, 0.2) is 54.6 Å². The molecule has 1 fully saturated rings. The van der Waals surface area contributed by atoms with Gasteiger partial charge in [-0.3, -0.25) is 14.3 Å². The quantitative estimate of drug-likeness (QED) is 0.561. The van der Waals surface area contributed by atoms with Crippen molar-refractivity contribution in [1.29, 1.82) is 0 Å². The summed E-state index contributed by atoms with van der Waals surface area (Å²) in [6.45, 7) is 7.49. The smallest absolute Gasteiger partial charge is 0.255 e. The summed E-state index contributed by atoms with van der Waals surface area (Å²) in [4.78, 5) is 29.7. The van der Waals surface area contributed by atoms with Crippen molar-refractivity contribution in [3.63, 3.8) is 0 Å². The van der Waals surface area contributed by atoms with E-state index in [0.29, 0.717) is 42.5 Å². The van der Waals surface area contributed by atoms with Crippen molar-refractivity contribution in [2.24, 2.45) is 0 Å². The predicted molar refractivity (Wildman–Crippen MR) is 134 cm³/mol. The second kappa shape index (κ2) is 10.7. The Kier molecular flexibility index (Phi) is 7.53. The number of carbonyl (C=O) groups excluding carboxylic acids is 2. The minimum Gasteiger partial charge on any atom is -0.368 e. The van der Waals surface area contributed by atoms with Crippen LogP contribution >= 0.6 is 11.6 Å². The van der Waals surface area contributed by atoms with Gasteiger partial charge in [-0.1, -0.05) is 48.0 Å². The topological polar surface area (TPSA) is 70.5 Å². The molecule has 0 saturated carbocycles. The molecule has 178 valence electrons. The molecule has 1 N–H and O–H groups in total. The minimum absolute atomic E-state index is 0.0656. The first-order valence-corrected chi connectivity index (χ1v) is 11.9. The standard InChI is InChI=1S/C26H30ClN5O2/c1-19-25(20(2)32(29-19)18-21-8-6-7-11-23(21)27)26(34)28-13-12-24(33)31-16-14-30(15-17-31)22-9-4-3-5-10-22/h3-11H,12-18H2,1-2H3,(H,28,34). The number of aryl methyl sites for hydroxylation is 1. The SMILES string of the molecule is Cc1nn(Cc2ccccc2Cl)c(C)c1C(=O)NCCC(=O)N1CCN(c2ccccc2)CC1. The Hall–Kier alpha value is -3.32. The third-order valence-electron chi connectivity index (χ3n) is 6.26. The Labute approximate surface area is 205 Å². The van der Waals surface area contributed by atoms with Crippen LogP contribution in [0.3, 0.4) is 0 Å². The van der Waals surface area contributed by atoms with Crippen molar-refractivity contribution < 1.29 is 9.59 Å². The Bertz CT molecular complexity index is 1150. The summed E-state index contributed by atoms with van der Waals surface area (Å²) in [7, 11) is 0. The number of nitrogens with one attached hydrogen (secondary N) is 1. The van der Waals surface area contributed by atoms with E-state index in [4.69, 9.17) is 11.6 Å². The summed E-state index contributed by atoms with van der Waals surface area (Å²) in [5, 5.41) is 8.10. The van der Waals surface area contributed by atoms with Crippen molar-refractivity contribution in [2.75, 3.05) is 37.6 Å². The first-order chi connectivity index (χ1) is 16.4. The van der Waals surface area contributed by atoms with E-state index in [-0.39, 0.29) is 18.2 Å². The van der Waals surface area contributed by atoms with E-state index < -0.39 is 0 Å². The number of anilines is 1. The highest BCUT2D eigenvalue weighted by Gasteiger charge is 2.22. The normalized spacial score (nSPS) is 13.7. The van der Waals surface area contributed by atoms with Crippen molar-refractivity contribution >= 4 is 29.1 Å². The molecule has 7 nitrogen and oxygen atoms in total. The van der Waals surface area contributed by atoms with E-state index in [1.54, 1.807) is 4.68 Å². The van der Waals surface area contributed by atoms with Crippen LogP contribution in [0.2, 0.25) is 5.02 Å². The first-order valence-electron chi connectivity index (χ1n) is 11.6. The molecule has 34 heavy (non-hydrogen) atoms. The largest absolute Gasteiger partial charge is 0.368 e. The molecule has 4 rings (SSSR count). The summed E-state index contributed by atoms with van der Waals surface area (Å²) in [5.74, 6) is -0.141. The summed E-state index contributed by atoms with van der Waals surface area (Å²) in [6.07, 6.45) is 0.281. The van der Waals surface area contributed by atoms with Crippen molar-refractivity contribution in [3.8, 4) is 0 Å². The number of hydrogen-bond acceptors (Lipinski definition) is 4. The van der Waals surface area contributed by atoms with Gasteiger partial charge in [0.15, 0.2) is 0 Å². The Morgan fingerprint density at radius 1 is 0.971 bits per heavy atom. The third kappa shape index (κ3) is 5.42. The maximum absolute atomic E-state index is 12.9. The van der Waals surface area contributed by atoms with E-state index in [1.807, 2.05) is 61.2 Å². The highest BCUT2D eigenvalue weighted by Crippen LogP contribution is 2.20. The molecule has 3 aromatic rings. The number of carbonyl (C=O) groups is 2. The minimum atomic E-state index is -0.206. The number of rotatable bonds is 7. The van der Waals surface area contributed by atoms with Gasteiger partial charge in [-0.15, -0.1) is 0 Å². The van der Waals surface area contributed by atoms with Crippen LogP contribution < -0.4 is 10.2 Å². The number of halogens is 1. The lowest BCUT2D eigenvalue weighted by Crippen LogP contribution is -2.49. The van der Waals surface area contributed by atoms with Gasteiger partial charge in [0.2, 0.25) is 5.91 Å². The predicted octanol–water partition coefficient (Wildman–Crippen LogP) is 3.67. The van der Waals surface area contributed by atoms with E-state index in [2.05, 4.69) is 27.4 Å². The Morgan fingerprint density at radius 2 is 1.65 bits per heavy atom. The molecule has 1 aliphatic rings. The fraction of sp³-hybridized carbons (Fsp3) is 0.346. The van der Waals surface area contributed by atoms with Gasteiger partial charge >= 0.3 is 0 Å². The number of hydrogen-bond donors (Lipinski definition) is 1. The molecular weight excluding hydrogens is 450 g/mol. The molecule has 2 heterocycles. The van der Waals surface area contributed by atoms with Gasteiger partial charge in [0.1, 0.15) is 0 Å². The average Bonchev–Trinajstić information content (AvgIpc) is 3.13. The molecule has 8 heteroatoms. The maximum Gasteiger partial charge on any atom is 0.255 e. The summed E-state index contributed by atoms with van der Waals surface area (Å²) in [5.41, 5.74) is 4.11. The number of aromatic nitrogens is 2. The van der Waals surface area contributed by atoms with Gasteiger partial charge < -0.3 is 15.1 Å². The second-order valence-corrected chi connectivity index (χ2v) is 8.91. The molecule has 0 bridgehead atoms. The lowest BCUT2D eigenvalue weighted by molar-refractivity contribution is -0.131. The summed E-state index contributed by atoms with van der Waals surface area (Å²) < 4.78 is 1.79. The van der Waals surface area contributed by atoms with Crippen LogP contribution in [-0.4, -0.2) is 59.2 Å². The highest BCUT2D eigenvalue weighted by atomic mass is 35.5. The van der Waals surface area contributed by atoms with E-state index in [9.17, 15) is 9.59 Å². The second-order valence-electron chi connectivity index (χ2n) is 8.50. The van der Waals surface area contributed by atoms with Gasteiger partial charge in [0, 0.05) is 55.5 Å². The molecular formula is C26H30ClN5O2. The van der Waals surface area contributed by atoms with Crippen LogP contribution in [-0.2, 0) is 11.3 Å². The van der Waals surface area contributed by atoms with Gasteiger partial charge in [-0.2, -0.15) is 5.10 Å². The molecule has 0 aliphatic carbocycles. The number of nitrogens with zero attached hydrogens (tertiary/aromatic N) is 4. The number of para-hydroxylation sites is 1. The van der Waals surface area contributed by atoms with Crippen molar-refractivity contribution in [2.45, 2.75) is 26.8 Å². The van der Waals surface area contributed by atoms with Gasteiger partial charge in [-0.25, -0.2) is 0 Å². The summed E-state index contributed by atoms with van der Waals surface area (Å²) >= 11 is 6.28. The molecule has 1 aromatic heterocycles. The monoisotopic (exact) mass is 479 g/mol. The molecule has 1 aliphatic heterocycles. The molecule has 0 spiro atoms. The molecule has 1 saturated heterocycles. The Morgan fingerprint density at radius 3 is 2.35 bits per heavy atom. The van der Waals surface area contributed by atoms with Crippen molar-refractivity contribution in [1.82, 2.24) is 20.0 Å². The first kappa shape index (κ1) is 23.8. The van der Waals surface area contributed by atoms with Gasteiger partial charge in [0.05, 0.1) is 17.8 Å². The zero-order valence-electron chi connectivity index (χ0n) is 19.6. The van der Waals surface area contributed by atoms with Crippen LogP contribution in [0.1, 0.15) is 33.7 Å². The molecule has 2 aromatic carbocycles. The molecule has 2 amide bonds. The van der Waals surface area contributed by atoms with Crippen LogP contribution in [0.25, 0.3) is 0 Å². The number of benzene rings is 2. The maximum atomic E-state index is 12.9. The number of piperazine rings is 1. The van der Waals surface area contributed by atoms with E-state index in [0.717, 1.165) is 24.3 Å². The fourth-order valence-corrected chi connectivity index (χ4v) is 4.55. The van der Waals surface area contributed by atoms with E-state index in [1.165, 1.54) is 5.69 Å². The van der Waals surface area contributed by atoms with Gasteiger partial charge in [-0.05, 0) is 37.6 Å². The molecule has 0 radical (unpaired) electrons.